The Morgan fingerprint density at radius 3 is 2.81 bits per heavy atom. The molecule has 0 atom stereocenters. The maximum absolute atomic E-state index is 8.82. The maximum Gasteiger partial charge on any atom is 0.123 e. The summed E-state index contributed by atoms with van der Waals surface area (Å²) in [6, 6.07) is 10.2. The molecule has 108 valence electrons. The second-order valence-electron chi connectivity index (χ2n) is 4.74. The molecule has 21 heavy (non-hydrogen) atoms. The zero-order chi connectivity index (χ0) is 14.5. The molecule has 3 aromatic rings. The van der Waals surface area contributed by atoms with E-state index >= 15 is 0 Å². The van der Waals surface area contributed by atoms with E-state index in [0.29, 0.717) is 13.0 Å². The van der Waals surface area contributed by atoms with Crippen molar-refractivity contribution in [3.63, 3.8) is 0 Å². The van der Waals surface area contributed by atoms with Crippen LogP contribution >= 0.6 is 11.3 Å². The molecule has 1 aromatic carbocycles. The Kier molecular flexibility index (Phi) is 4.37. The Morgan fingerprint density at radius 1 is 1.14 bits per heavy atom. The van der Waals surface area contributed by atoms with Crippen LogP contribution in [0.1, 0.15) is 17.8 Å². The highest BCUT2D eigenvalue weighted by atomic mass is 32.1. The van der Waals surface area contributed by atoms with Crippen LogP contribution in [0.5, 0.6) is 0 Å². The summed E-state index contributed by atoms with van der Waals surface area (Å²) in [4.78, 5) is 4.64. The molecule has 5 nitrogen and oxygen atoms in total. The number of aromatic nitrogens is 4. The summed E-state index contributed by atoms with van der Waals surface area (Å²) in [5, 5.41) is 20.1. The van der Waals surface area contributed by atoms with Crippen LogP contribution in [0.4, 0.5) is 0 Å². The Morgan fingerprint density at radius 2 is 2.00 bits per heavy atom. The molecule has 0 unspecified atom stereocenters. The van der Waals surface area contributed by atoms with Crippen LogP contribution in [0.2, 0.25) is 0 Å². The van der Waals surface area contributed by atoms with E-state index in [2.05, 4.69) is 32.8 Å². The second kappa shape index (κ2) is 6.60. The van der Waals surface area contributed by atoms with Crippen molar-refractivity contribution >= 4 is 11.3 Å². The molecule has 0 bridgehead atoms. The van der Waals surface area contributed by atoms with Crippen molar-refractivity contribution in [3.05, 3.63) is 53.3 Å². The predicted molar refractivity (Wildman–Crippen MR) is 82.1 cm³/mol. The van der Waals surface area contributed by atoms with Crippen molar-refractivity contribution in [2.45, 2.75) is 19.4 Å². The van der Waals surface area contributed by atoms with Crippen LogP contribution in [-0.4, -0.2) is 31.7 Å². The lowest BCUT2D eigenvalue weighted by Gasteiger charge is -1.96. The van der Waals surface area contributed by atoms with Gasteiger partial charge in [0.05, 0.1) is 17.9 Å². The van der Waals surface area contributed by atoms with Crippen molar-refractivity contribution in [2.24, 2.45) is 0 Å². The molecule has 0 fully saturated rings. The molecule has 0 radical (unpaired) electrons. The molecule has 3 rings (SSSR count). The zero-order valence-corrected chi connectivity index (χ0v) is 12.3. The molecular formula is C15H16N4OS. The number of hydrogen-bond acceptors (Lipinski definition) is 5. The van der Waals surface area contributed by atoms with Crippen LogP contribution in [0.3, 0.4) is 0 Å². The van der Waals surface area contributed by atoms with Crippen molar-refractivity contribution < 1.29 is 5.11 Å². The van der Waals surface area contributed by atoms with Crippen LogP contribution in [0.15, 0.2) is 41.9 Å². The molecule has 1 N–H and O–H groups in total. The van der Waals surface area contributed by atoms with Gasteiger partial charge in [-0.15, -0.1) is 16.4 Å². The van der Waals surface area contributed by atoms with Gasteiger partial charge in [-0.3, -0.25) is 0 Å². The summed E-state index contributed by atoms with van der Waals surface area (Å²) in [5.41, 5.74) is 3.02. The molecule has 2 heterocycles. The summed E-state index contributed by atoms with van der Waals surface area (Å²) in [6.45, 7) is 0.800. The van der Waals surface area contributed by atoms with Crippen molar-refractivity contribution in [3.8, 4) is 10.6 Å². The standard InChI is InChI=1S/C15H16N4OS/c20-8-4-7-13-9-19(18-17-13)10-14-11-21-15(16-14)12-5-2-1-3-6-12/h1-3,5-6,9,11,20H,4,7-8,10H2. The SMILES string of the molecule is OCCCc1cn(Cc2csc(-c3ccccc3)n2)nn1. The lowest BCUT2D eigenvalue weighted by molar-refractivity contribution is 0.288. The smallest absolute Gasteiger partial charge is 0.123 e. The number of nitrogens with zero attached hydrogens (tertiary/aromatic N) is 4. The number of hydrogen-bond donors (Lipinski definition) is 1. The monoisotopic (exact) mass is 300 g/mol. The normalized spacial score (nSPS) is 10.9. The fraction of sp³-hybridized carbons (Fsp3) is 0.267. The van der Waals surface area contributed by atoms with Gasteiger partial charge >= 0.3 is 0 Å². The Hall–Kier alpha value is -2.05. The van der Waals surface area contributed by atoms with Crippen molar-refractivity contribution in [1.29, 1.82) is 0 Å². The molecule has 0 saturated carbocycles. The molecule has 0 saturated heterocycles. The van der Waals surface area contributed by atoms with E-state index in [1.54, 1.807) is 16.0 Å². The average molecular weight is 300 g/mol. The highest BCUT2D eigenvalue weighted by molar-refractivity contribution is 7.13. The highest BCUT2D eigenvalue weighted by Gasteiger charge is 2.06. The maximum atomic E-state index is 8.82. The molecule has 0 spiro atoms. The topological polar surface area (TPSA) is 63.8 Å². The Labute approximate surface area is 126 Å². The van der Waals surface area contributed by atoms with E-state index in [1.165, 1.54) is 0 Å². The first kappa shape index (κ1) is 13.9. The van der Waals surface area contributed by atoms with Crippen LogP contribution in [0.25, 0.3) is 10.6 Å². The predicted octanol–water partition coefficient (Wildman–Crippen LogP) is 2.37. The highest BCUT2D eigenvalue weighted by Crippen LogP contribution is 2.23. The van der Waals surface area contributed by atoms with Gasteiger partial charge in [0.2, 0.25) is 0 Å². The molecule has 0 amide bonds. The van der Waals surface area contributed by atoms with Gasteiger partial charge in [0.25, 0.3) is 0 Å². The summed E-state index contributed by atoms with van der Waals surface area (Å²) in [6.07, 6.45) is 3.38. The molecule has 0 aliphatic rings. The molecule has 0 aliphatic heterocycles. The van der Waals surface area contributed by atoms with Crippen molar-refractivity contribution in [1.82, 2.24) is 20.0 Å². The first-order chi connectivity index (χ1) is 10.3. The zero-order valence-electron chi connectivity index (χ0n) is 11.5. The third kappa shape index (κ3) is 3.53. The van der Waals surface area contributed by atoms with E-state index in [9.17, 15) is 0 Å². The minimum absolute atomic E-state index is 0.180. The van der Waals surface area contributed by atoms with E-state index in [4.69, 9.17) is 5.11 Å². The number of benzene rings is 1. The van der Waals surface area contributed by atoms with Gasteiger partial charge in [0.1, 0.15) is 5.01 Å². The number of aliphatic hydroxyl groups excluding tert-OH is 1. The van der Waals surface area contributed by atoms with Gasteiger partial charge in [-0.1, -0.05) is 35.5 Å². The van der Waals surface area contributed by atoms with Crippen LogP contribution in [0, 0.1) is 0 Å². The fourth-order valence-electron chi connectivity index (χ4n) is 2.05. The van der Waals surface area contributed by atoms with Gasteiger partial charge < -0.3 is 5.11 Å². The summed E-state index contributed by atoms with van der Waals surface area (Å²) in [5.74, 6) is 0. The molecule has 0 aliphatic carbocycles. The quantitative estimate of drug-likeness (QED) is 0.759. The first-order valence-corrected chi connectivity index (χ1v) is 7.73. The Balaban J connectivity index is 1.68. The lowest BCUT2D eigenvalue weighted by atomic mass is 10.2. The van der Waals surface area contributed by atoms with E-state index < -0.39 is 0 Å². The average Bonchev–Trinajstić information content (AvgIpc) is 3.16. The summed E-state index contributed by atoms with van der Waals surface area (Å²) < 4.78 is 1.79. The van der Waals surface area contributed by atoms with E-state index in [0.717, 1.165) is 28.4 Å². The number of thiazole rings is 1. The minimum Gasteiger partial charge on any atom is -0.396 e. The van der Waals surface area contributed by atoms with Crippen LogP contribution in [-0.2, 0) is 13.0 Å². The van der Waals surface area contributed by atoms with E-state index in [-0.39, 0.29) is 6.61 Å². The van der Waals surface area contributed by atoms with Gasteiger partial charge in [0, 0.05) is 23.7 Å². The molecule has 2 aromatic heterocycles. The minimum atomic E-state index is 0.180. The fourth-order valence-corrected chi connectivity index (χ4v) is 2.87. The largest absolute Gasteiger partial charge is 0.396 e. The van der Waals surface area contributed by atoms with E-state index in [1.807, 2.05) is 24.4 Å². The first-order valence-electron chi connectivity index (χ1n) is 6.85. The number of aryl methyl sites for hydroxylation is 1. The van der Waals surface area contributed by atoms with Crippen molar-refractivity contribution in [2.75, 3.05) is 6.61 Å². The molecular weight excluding hydrogens is 284 g/mol. The third-order valence-corrected chi connectivity index (χ3v) is 4.01. The summed E-state index contributed by atoms with van der Waals surface area (Å²) >= 11 is 1.64. The Bertz CT molecular complexity index is 693. The number of aliphatic hydroxyl groups is 1. The lowest BCUT2D eigenvalue weighted by Crippen LogP contribution is -2.00. The van der Waals surface area contributed by atoms with Crippen LogP contribution < -0.4 is 0 Å². The molecule has 6 heteroatoms. The summed E-state index contributed by atoms with van der Waals surface area (Å²) in [7, 11) is 0. The second-order valence-corrected chi connectivity index (χ2v) is 5.60. The third-order valence-electron chi connectivity index (χ3n) is 3.07. The number of rotatable bonds is 6. The van der Waals surface area contributed by atoms with Gasteiger partial charge in [-0.2, -0.15) is 0 Å². The van der Waals surface area contributed by atoms with Gasteiger partial charge in [-0.05, 0) is 12.8 Å². The van der Waals surface area contributed by atoms with Gasteiger partial charge in [0.15, 0.2) is 0 Å². The van der Waals surface area contributed by atoms with Gasteiger partial charge in [-0.25, -0.2) is 9.67 Å².